The monoisotopic (exact) mass is 307 g/mol. The van der Waals surface area contributed by atoms with Gasteiger partial charge in [-0.05, 0) is 35.7 Å². The molecular weight excluding hydrogens is 286 g/mol. The molecule has 0 aliphatic carbocycles. The summed E-state index contributed by atoms with van der Waals surface area (Å²) >= 11 is 0. The highest BCUT2D eigenvalue weighted by atomic mass is 16.4. The molecule has 1 N–H and O–H groups in total. The van der Waals surface area contributed by atoms with Crippen molar-refractivity contribution in [3.8, 4) is 23.0 Å². The second-order valence-electron chi connectivity index (χ2n) is 5.61. The lowest BCUT2D eigenvalue weighted by Gasteiger charge is -2.13. The van der Waals surface area contributed by atoms with Crippen LogP contribution in [0.1, 0.15) is 24.8 Å². The van der Waals surface area contributed by atoms with E-state index in [1.807, 2.05) is 38.4 Å². The summed E-state index contributed by atoms with van der Waals surface area (Å²) in [6.45, 7) is 1.73. The van der Waals surface area contributed by atoms with Gasteiger partial charge >= 0.3 is 5.97 Å². The number of carboxylic acids is 1. The molecule has 0 aliphatic heterocycles. The molecule has 0 aliphatic rings. The fraction of sp³-hybridized carbons (Fsp3) is 0.250. The van der Waals surface area contributed by atoms with Crippen LogP contribution in [0.5, 0.6) is 0 Å². The number of aliphatic carboxylic acids is 1. The lowest BCUT2D eigenvalue weighted by atomic mass is 9.94. The number of carboxylic acid groups (broad SMARTS) is 1. The Morgan fingerprint density at radius 3 is 2.00 bits per heavy atom. The Kier molecular flexibility index (Phi) is 5.43. The van der Waals surface area contributed by atoms with E-state index in [-0.39, 0.29) is 12.3 Å². The lowest BCUT2D eigenvalue weighted by Crippen LogP contribution is -2.07. The zero-order valence-electron chi connectivity index (χ0n) is 13.7. The van der Waals surface area contributed by atoms with Gasteiger partial charge in [0.25, 0.3) is 0 Å². The van der Waals surface area contributed by atoms with E-state index in [2.05, 4.69) is 41.0 Å². The molecule has 0 radical (unpaired) electrons. The highest BCUT2D eigenvalue weighted by molar-refractivity contribution is 5.70. The third-order valence-corrected chi connectivity index (χ3v) is 3.73. The van der Waals surface area contributed by atoms with Crippen molar-refractivity contribution in [3.05, 3.63) is 54.1 Å². The average molecular weight is 307 g/mol. The molecule has 3 nitrogen and oxygen atoms in total. The maximum atomic E-state index is 11.0. The van der Waals surface area contributed by atoms with Crippen LogP contribution in [0, 0.1) is 11.8 Å². The van der Waals surface area contributed by atoms with Gasteiger partial charge in [0.2, 0.25) is 0 Å². The number of nitrogens with zero attached hydrogens (tertiary/aromatic N) is 1. The van der Waals surface area contributed by atoms with Crippen LogP contribution in [-0.4, -0.2) is 25.2 Å². The Morgan fingerprint density at radius 1 is 1.04 bits per heavy atom. The minimum atomic E-state index is -0.832. The predicted octanol–water partition coefficient (Wildman–Crippen LogP) is 4.00. The Morgan fingerprint density at radius 2 is 1.57 bits per heavy atom. The molecule has 2 rings (SSSR count). The Hall–Kier alpha value is -2.73. The Balaban J connectivity index is 2.23. The van der Waals surface area contributed by atoms with E-state index < -0.39 is 5.97 Å². The molecule has 23 heavy (non-hydrogen) atoms. The van der Waals surface area contributed by atoms with Crippen molar-refractivity contribution in [1.29, 1.82) is 0 Å². The molecule has 2 aromatic carbocycles. The van der Waals surface area contributed by atoms with E-state index in [1.54, 1.807) is 6.92 Å². The van der Waals surface area contributed by atoms with E-state index >= 15 is 0 Å². The quantitative estimate of drug-likeness (QED) is 0.849. The van der Waals surface area contributed by atoms with E-state index in [4.69, 9.17) is 5.11 Å². The predicted molar refractivity (Wildman–Crippen MR) is 94.6 cm³/mol. The van der Waals surface area contributed by atoms with E-state index in [1.165, 1.54) is 0 Å². The second-order valence-corrected chi connectivity index (χ2v) is 5.61. The summed E-state index contributed by atoms with van der Waals surface area (Å²) in [6, 6.07) is 16.3. The van der Waals surface area contributed by atoms with Crippen LogP contribution < -0.4 is 4.90 Å². The summed E-state index contributed by atoms with van der Waals surface area (Å²) in [5, 5.41) is 9.00. The standard InChI is InChI=1S/C20H21NO2/c1-4-5-18(14-20(22)23)17-8-6-15(7-9-17)16-10-12-19(13-11-16)21(2)3/h6-13,18H,14H2,1-3H3,(H,22,23). The maximum absolute atomic E-state index is 11.0. The Labute approximate surface area is 137 Å². The van der Waals surface area contributed by atoms with E-state index in [0.717, 1.165) is 22.4 Å². The first-order valence-electron chi connectivity index (χ1n) is 7.53. The van der Waals surface area contributed by atoms with Crippen LogP contribution in [0.3, 0.4) is 0 Å². The smallest absolute Gasteiger partial charge is 0.304 e. The largest absolute Gasteiger partial charge is 0.481 e. The third kappa shape index (κ3) is 4.37. The zero-order chi connectivity index (χ0) is 16.8. The number of carbonyl (C=O) groups is 1. The van der Waals surface area contributed by atoms with Crippen molar-refractivity contribution >= 4 is 11.7 Å². The SMILES string of the molecule is CC#CC(CC(=O)O)c1ccc(-c2ccc(N(C)C)cc2)cc1. The van der Waals surface area contributed by atoms with Crippen LogP contribution >= 0.6 is 0 Å². The summed E-state index contributed by atoms with van der Waals surface area (Å²) in [4.78, 5) is 13.0. The minimum Gasteiger partial charge on any atom is -0.481 e. The molecule has 0 saturated heterocycles. The van der Waals surface area contributed by atoms with Gasteiger partial charge in [-0.2, -0.15) is 0 Å². The molecule has 1 unspecified atom stereocenters. The van der Waals surface area contributed by atoms with Crippen molar-refractivity contribution < 1.29 is 9.90 Å². The molecule has 0 heterocycles. The summed E-state index contributed by atoms with van der Waals surface area (Å²) in [7, 11) is 4.03. The van der Waals surface area contributed by atoms with Gasteiger partial charge in [-0.3, -0.25) is 4.79 Å². The molecule has 0 spiro atoms. The number of benzene rings is 2. The van der Waals surface area contributed by atoms with Gasteiger partial charge in [0, 0.05) is 19.8 Å². The molecule has 0 fully saturated rings. The summed E-state index contributed by atoms with van der Waals surface area (Å²) < 4.78 is 0. The van der Waals surface area contributed by atoms with Gasteiger partial charge in [0.1, 0.15) is 0 Å². The first-order valence-corrected chi connectivity index (χ1v) is 7.53. The van der Waals surface area contributed by atoms with Crippen molar-refractivity contribution in [3.63, 3.8) is 0 Å². The van der Waals surface area contributed by atoms with Crippen LogP contribution in [0.15, 0.2) is 48.5 Å². The van der Waals surface area contributed by atoms with Gasteiger partial charge in [0.05, 0.1) is 12.3 Å². The van der Waals surface area contributed by atoms with E-state index in [0.29, 0.717) is 0 Å². The topological polar surface area (TPSA) is 40.5 Å². The number of rotatable bonds is 5. The molecule has 0 amide bonds. The van der Waals surface area contributed by atoms with Crippen LogP contribution in [0.25, 0.3) is 11.1 Å². The van der Waals surface area contributed by atoms with Crippen molar-refractivity contribution in [2.75, 3.05) is 19.0 Å². The molecule has 3 heteroatoms. The highest BCUT2D eigenvalue weighted by Crippen LogP contribution is 2.26. The third-order valence-electron chi connectivity index (χ3n) is 3.73. The zero-order valence-corrected chi connectivity index (χ0v) is 13.7. The number of anilines is 1. The van der Waals surface area contributed by atoms with Gasteiger partial charge in [-0.1, -0.05) is 42.3 Å². The van der Waals surface area contributed by atoms with Gasteiger partial charge in [0.15, 0.2) is 0 Å². The van der Waals surface area contributed by atoms with Crippen molar-refractivity contribution in [2.45, 2.75) is 19.3 Å². The summed E-state index contributed by atoms with van der Waals surface area (Å²) in [5.74, 6) is 4.70. The fourth-order valence-corrected chi connectivity index (χ4v) is 2.46. The Bertz CT molecular complexity index is 719. The molecule has 118 valence electrons. The van der Waals surface area contributed by atoms with Gasteiger partial charge in [-0.15, -0.1) is 5.92 Å². The number of hydrogen-bond acceptors (Lipinski definition) is 2. The normalized spacial score (nSPS) is 11.3. The molecule has 0 saturated carbocycles. The molecule has 1 atom stereocenters. The molecule has 0 bridgehead atoms. The summed E-state index contributed by atoms with van der Waals surface area (Å²) in [5.41, 5.74) is 4.34. The molecule has 0 aromatic heterocycles. The fourth-order valence-electron chi connectivity index (χ4n) is 2.46. The first kappa shape index (κ1) is 16.6. The second kappa shape index (κ2) is 7.51. The lowest BCUT2D eigenvalue weighted by molar-refractivity contribution is -0.137. The average Bonchev–Trinajstić information content (AvgIpc) is 2.54. The maximum Gasteiger partial charge on any atom is 0.304 e. The minimum absolute atomic E-state index is 0.0255. The van der Waals surface area contributed by atoms with Crippen LogP contribution in [-0.2, 0) is 4.79 Å². The van der Waals surface area contributed by atoms with Gasteiger partial charge in [-0.25, -0.2) is 0 Å². The van der Waals surface area contributed by atoms with E-state index in [9.17, 15) is 4.79 Å². The van der Waals surface area contributed by atoms with Crippen molar-refractivity contribution in [1.82, 2.24) is 0 Å². The highest BCUT2D eigenvalue weighted by Gasteiger charge is 2.13. The summed E-state index contributed by atoms with van der Waals surface area (Å²) in [6.07, 6.45) is 0.0255. The first-order chi connectivity index (χ1) is 11.0. The van der Waals surface area contributed by atoms with Crippen molar-refractivity contribution in [2.24, 2.45) is 0 Å². The molecule has 2 aromatic rings. The molecular formula is C20H21NO2. The van der Waals surface area contributed by atoms with Crippen LogP contribution in [0.2, 0.25) is 0 Å². The van der Waals surface area contributed by atoms with Crippen LogP contribution in [0.4, 0.5) is 5.69 Å². The number of hydrogen-bond donors (Lipinski definition) is 1. The van der Waals surface area contributed by atoms with Gasteiger partial charge < -0.3 is 10.0 Å².